The summed E-state index contributed by atoms with van der Waals surface area (Å²) in [5, 5.41) is 9.24. The number of ether oxygens (including phenoxy) is 1. The van der Waals surface area contributed by atoms with Gasteiger partial charge in [-0.1, -0.05) is 6.92 Å². The zero-order valence-electron chi connectivity index (χ0n) is 12.2. The number of rotatable bonds is 4. The topological polar surface area (TPSA) is 134 Å². The average Bonchev–Trinajstić information content (AvgIpc) is 2.43. The molecule has 2 rings (SSSR count). The number of aromatic amines is 1. The molecule has 6 N–H and O–H groups in total. The van der Waals surface area contributed by atoms with Crippen molar-refractivity contribution in [2.24, 2.45) is 0 Å². The fourth-order valence-electron chi connectivity index (χ4n) is 2.40. The zero-order valence-corrected chi connectivity index (χ0v) is 12.2. The first-order valence-corrected chi connectivity index (χ1v) is 6.73. The van der Waals surface area contributed by atoms with Gasteiger partial charge in [0.05, 0.1) is 6.04 Å². The number of fused-ring (bicyclic) bond motifs is 1. The predicted molar refractivity (Wildman–Crippen MR) is 79.0 cm³/mol. The van der Waals surface area contributed by atoms with Crippen LogP contribution in [0.3, 0.4) is 0 Å². The van der Waals surface area contributed by atoms with Crippen molar-refractivity contribution < 1.29 is 9.53 Å². The summed E-state index contributed by atoms with van der Waals surface area (Å²) in [5.41, 5.74) is 5.44. The molecule has 0 aliphatic carbocycles. The van der Waals surface area contributed by atoms with Gasteiger partial charge in [-0.15, -0.1) is 0 Å². The summed E-state index contributed by atoms with van der Waals surface area (Å²) in [7, 11) is 1.76. The minimum Gasteiger partial charge on any atom is -0.460 e. The molecule has 2 heterocycles. The molecule has 0 saturated carbocycles. The molecule has 0 spiro atoms. The Balaban J connectivity index is 2.35. The molecule has 1 aromatic rings. The van der Waals surface area contributed by atoms with Crippen LogP contribution in [0.2, 0.25) is 0 Å². The summed E-state index contributed by atoms with van der Waals surface area (Å²) in [6, 6.07) is -0.317. The van der Waals surface area contributed by atoms with Gasteiger partial charge in [0.2, 0.25) is 5.95 Å². The van der Waals surface area contributed by atoms with Gasteiger partial charge in [0.15, 0.2) is 5.82 Å². The highest BCUT2D eigenvalue weighted by molar-refractivity contribution is 5.69. The van der Waals surface area contributed by atoms with E-state index in [4.69, 9.17) is 10.5 Å². The number of hydrogen-bond acceptors (Lipinski definition) is 8. The van der Waals surface area contributed by atoms with Crippen molar-refractivity contribution in [1.29, 1.82) is 0 Å². The van der Waals surface area contributed by atoms with Gasteiger partial charge in [-0.3, -0.25) is 19.9 Å². The smallest absolute Gasteiger partial charge is 0.302 e. The molecule has 9 nitrogen and oxygen atoms in total. The normalized spacial score (nSPS) is 21.7. The average molecular weight is 296 g/mol. The summed E-state index contributed by atoms with van der Waals surface area (Å²) >= 11 is 0. The number of carbonyl (C=O) groups excluding carboxylic acids is 1. The first kappa shape index (κ1) is 15.1. The Morgan fingerprint density at radius 3 is 2.81 bits per heavy atom. The minimum absolute atomic E-state index is 0.0355. The summed E-state index contributed by atoms with van der Waals surface area (Å²) in [5.74, 6) is 0.0338. The third kappa shape index (κ3) is 3.07. The Bertz CT molecular complexity index is 587. The Hall–Kier alpha value is -2.29. The first-order chi connectivity index (χ1) is 9.96. The summed E-state index contributed by atoms with van der Waals surface area (Å²) < 4.78 is 5.31. The van der Waals surface area contributed by atoms with Gasteiger partial charge >= 0.3 is 5.97 Å². The fourth-order valence-corrected chi connectivity index (χ4v) is 2.40. The molecular formula is C12H20N6O3. The van der Waals surface area contributed by atoms with Gasteiger partial charge in [0.1, 0.15) is 18.0 Å². The van der Waals surface area contributed by atoms with Crippen LogP contribution in [-0.2, 0) is 9.53 Å². The molecule has 9 heteroatoms. The highest BCUT2D eigenvalue weighted by Gasteiger charge is 2.35. The Labute approximate surface area is 121 Å². The first-order valence-electron chi connectivity index (χ1n) is 6.73. The Morgan fingerprint density at radius 1 is 1.52 bits per heavy atom. The number of carbonyl (C=O) groups is 1. The van der Waals surface area contributed by atoms with Crippen molar-refractivity contribution in [2.75, 3.05) is 23.4 Å². The van der Waals surface area contributed by atoms with Crippen molar-refractivity contribution in [3.05, 3.63) is 10.4 Å². The van der Waals surface area contributed by atoms with Gasteiger partial charge in [0, 0.05) is 6.92 Å². The highest BCUT2D eigenvalue weighted by atomic mass is 16.5. The van der Waals surface area contributed by atoms with Gasteiger partial charge in [-0.2, -0.15) is 4.98 Å². The molecule has 0 amide bonds. The van der Waals surface area contributed by atoms with Gasteiger partial charge in [-0.25, -0.2) is 0 Å². The third-order valence-corrected chi connectivity index (χ3v) is 3.33. The van der Waals surface area contributed by atoms with Crippen LogP contribution in [0, 0.1) is 0 Å². The minimum atomic E-state index is -0.391. The fraction of sp³-hybridized carbons (Fsp3) is 0.583. The van der Waals surface area contributed by atoms with E-state index < -0.39 is 6.10 Å². The standard InChI is InChI=1S/C12H20N6O3/c1-4-6(21-5(2)19)7-9(14-3)16-10-8(15-7)11(20)18-12(13)17-10/h6-7,9,14-15H,4H2,1-3H3,(H4,13,16,17,18,20). The van der Waals surface area contributed by atoms with E-state index in [1.807, 2.05) is 6.92 Å². The molecule has 3 atom stereocenters. The Morgan fingerprint density at radius 2 is 2.24 bits per heavy atom. The van der Waals surface area contributed by atoms with Crippen molar-refractivity contribution in [3.8, 4) is 0 Å². The molecular weight excluding hydrogens is 276 g/mol. The Kier molecular flexibility index (Phi) is 4.32. The number of aromatic nitrogens is 2. The number of anilines is 3. The van der Waals surface area contributed by atoms with E-state index in [1.54, 1.807) is 7.05 Å². The number of hydrogen-bond donors (Lipinski definition) is 5. The highest BCUT2D eigenvalue weighted by Crippen LogP contribution is 2.25. The molecule has 1 aliphatic heterocycles. The van der Waals surface area contributed by atoms with Crippen LogP contribution in [0.25, 0.3) is 0 Å². The van der Waals surface area contributed by atoms with E-state index in [1.165, 1.54) is 6.92 Å². The van der Waals surface area contributed by atoms with E-state index in [0.29, 0.717) is 12.2 Å². The molecule has 0 saturated heterocycles. The summed E-state index contributed by atoms with van der Waals surface area (Å²) in [6.45, 7) is 3.26. The molecule has 0 bridgehead atoms. The van der Waals surface area contributed by atoms with Crippen molar-refractivity contribution >= 4 is 23.4 Å². The van der Waals surface area contributed by atoms with E-state index in [2.05, 4.69) is 25.9 Å². The lowest BCUT2D eigenvalue weighted by atomic mass is 10.0. The number of nitrogens with two attached hydrogens (primary N) is 1. The second kappa shape index (κ2) is 6.00. The van der Waals surface area contributed by atoms with Crippen LogP contribution < -0.4 is 27.2 Å². The number of nitrogen functional groups attached to an aromatic ring is 1. The van der Waals surface area contributed by atoms with Crippen LogP contribution in [0.4, 0.5) is 17.5 Å². The molecule has 3 unspecified atom stereocenters. The van der Waals surface area contributed by atoms with Crippen LogP contribution >= 0.6 is 0 Å². The maximum Gasteiger partial charge on any atom is 0.302 e. The van der Waals surface area contributed by atoms with Gasteiger partial charge in [-0.05, 0) is 13.5 Å². The number of esters is 1. The third-order valence-electron chi connectivity index (χ3n) is 3.33. The van der Waals surface area contributed by atoms with Crippen LogP contribution in [-0.4, -0.2) is 41.3 Å². The second-order valence-electron chi connectivity index (χ2n) is 4.81. The molecule has 0 radical (unpaired) electrons. The van der Waals surface area contributed by atoms with Crippen LogP contribution in [0.5, 0.6) is 0 Å². The molecule has 1 aromatic heterocycles. The lowest BCUT2D eigenvalue weighted by Gasteiger charge is -2.38. The maximum atomic E-state index is 12.0. The maximum absolute atomic E-state index is 12.0. The van der Waals surface area contributed by atoms with E-state index in [0.717, 1.165) is 0 Å². The molecule has 0 aromatic carbocycles. The van der Waals surface area contributed by atoms with E-state index >= 15 is 0 Å². The molecule has 21 heavy (non-hydrogen) atoms. The number of H-pyrrole nitrogens is 1. The number of likely N-dealkylation sites (N-methyl/N-ethyl adjacent to an activating group) is 1. The van der Waals surface area contributed by atoms with Crippen LogP contribution in [0.1, 0.15) is 20.3 Å². The predicted octanol–water partition coefficient (Wildman–Crippen LogP) is -0.555. The summed E-state index contributed by atoms with van der Waals surface area (Å²) in [6.07, 6.45) is -0.0553. The number of nitrogens with one attached hydrogen (secondary N) is 4. The lowest BCUT2D eigenvalue weighted by Crippen LogP contribution is -2.57. The number of nitrogens with zero attached hydrogens (tertiary/aromatic N) is 1. The van der Waals surface area contributed by atoms with E-state index in [9.17, 15) is 9.59 Å². The monoisotopic (exact) mass is 296 g/mol. The van der Waals surface area contributed by atoms with Crippen molar-refractivity contribution in [2.45, 2.75) is 38.6 Å². The SMILES string of the molecule is CCC(OC(C)=O)C1Nc2c(nc(N)[nH]c2=O)NC1NC. The zero-order chi connectivity index (χ0) is 15.6. The van der Waals surface area contributed by atoms with Crippen molar-refractivity contribution in [1.82, 2.24) is 15.3 Å². The largest absolute Gasteiger partial charge is 0.460 e. The summed E-state index contributed by atoms with van der Waals surface area (Å²) in [4.78, 5) is 29.7. The van der Waals surface area contributed by atoms with Crippen molar-refractivity contribution in [3.63, 3.8) is 0 Å². The van der Waals surface area contributed by atoms with Gasteiger partial charge in [0.25, 0.3) is 5.56 Å². The molecule has 1 aliphatic rings. The molecule has 0 fully saturated rings. The van der Waals surface area contributed by atoms with Gasteiger partial charge < -0.3 is 21.1 Å². The molecule has 116 valence electrons. The quantitative estimate of drug-likeness (QED) is 0.467. The second-order valence-corrected chi connectivity index (χ2v) is 4.81. The lowest BCUT2D eigenvalue weighted by molar-refractivity contribution is -0.147. The van der Waals surface area contributed by atoms with Crippen LogP contribution in [0.15, 0.2) is 4.79 Å². The van der Waals surface area contributed by atoms with E-state index in [-0.39, 0.29) is 35.4 Å².